The molecular formula is C18H32O5. The summed E-state index contributed by atoms with van der Waals surface area (Å²) >= 11 is 0. The molecule has 0 spiro atoms. The average molecular weight is 328 g/mol. The van der Waals surface area contributed by atoms with Gasteiger partial charge in [0.1, 0.15) is 6.10 Å². The fraction of sp³-hybridized carbons (Fsp3) is 0.833. The molecule has 1 heterocycles. The van der Waals surface area contributed by atoms with Gasteiger partial charge in [-0.15, -0.1) is 0 Å². The predicted octanol–water partition coefficient (Wildman–Crippen LogP) is 2.47. The summed E-state index contributed by atoms with van der Waals surface area (Å²) in [7, 11) is 0. The van der Waals surface area contributed by atoms with Crippen molar-refractivity contribution in [3.05, 3.63) is 12.2 Å². The van der Waals surface area contributed by atoms with Gasteiger partial charge in [0.15, 0.2) is 0 Å². The third-order valence-corrected chi connectivity index (χ3v) is 4.31. The largest absolute Gasteiger partial charge is 0.459 e. The standard InChI is InChI=1S/C18H32O5/c1-2-3-5-9-15-10-7-4-6-8-14(19)13-17(21)16(20)11-12-18(22)23-15/h11-12,14-17,19-21H,2-10,13H2,1H3/b12-11+/t14-,15-,16+,17+/m1/s1. The van der Waals surface area contributed by atoms with Gasteiger partial charge < -0.3 is 20.1 Å². The number of cyclic esters (lactones) is 1. The van der Waals surface area contributed by atoms with Gasteiger partial charge in [-0.05, 0) is 38.2 Å². The molecule has 134 valence electrons. The molecule has 1 aliphatic rings. The van der Waals surface area contributed by atoms with E-state index in [9.17, 15) is 20.1 Å². The zero-order valence-electron chi connectivity index (χ0n) is 14.2. The van der Waals surface area contributed by atoms with E-state index in [0.29, 0.717) is 6.42 Å². The maximum Gasteiger partial charge on any atom is 0.330 e. The van der Waals surface area contributed by atoms with Crippen molar-refractivity contribution in [3.63, 3.8) is 0 Å². The van der Waals surface area contributed by atoms with Crippen molar-refractivity contribution in [2.45, 2.75) is 95.5 Å². The van der Waals surface area contributed by atoms with E-state index >= 15 is 0 Å². The van der Waals surface area contributed by atoms with Gasteiger partial charge in [0.25, 0.3) is 0 Å². The quantitative estimate of drug-likeness (QED) is 0.545. The Bertz CT molecular complexity index is 355. The van der Waals surface area contributed by atoms with Crippen LogP contribution in [-0.4, -0.2) is 45.7 Å². The van der Waals surface area contributed by atoms with Gasteiger partial charge >= 0.3 is 5.97 Å². The monoisotopic (exact) mass is 328 g/mol. The number of esters is 1. The number of carbonyl (C=O) groups excluding carboxylic acids is 1. The fourth-order valence-corrected chi connectivity index (χ4v) is 2.86. The first-order chi connectivity index (χ1) is 11.0. The second-order valence-corrected chi connectivity index (χ2v) is 6.50. The van der Waals surface area contributed by atoms with Crippen molar-refractivity contribution in [3.8, 4) is 0 Å². The maximum atomic E-state index is 11.9. The Labute approximate surface area is 139 Å². The first-order valence-corrected chi connectivity index (χ1v) is 8.96. The zero-order valence-corrected chi connectivity index (χ0v) is 14.2. The van der Waals surface area contributed by atoms with Gasteiger partial charge in [-0.2, -0.15) is 0 Å². The summed E-state index contributed by atoms with van der Waals surface area (Å²) in [6.07, 6.45) is 8.00. The highest BCUT2D eigenvalue weighted by Gasteiger charge is 2.19. The van der Waals surface area contributed by atoms with E-state index in [1.54, 1.807) is 0 Å². The lowest BCUT2D eigenvalue weighted by atomic mass is 9.99. The minimum atomic E-state index is -1.17. The Balaban J connectivity index is 2.63. The Morgan fingerprint density at radius 2 is 1.87 bits per heavy atom. The van der Waals surface area contributed by atoms with Crippen molar-refractivity contribution in [1.82, 2.24) is 0 Å². The van der Waals surface area contributed by atoms with E-state index in [2.05, 4.69) is 6.92 Å². The average Bonchev–Trinajstić information content (AvgIpc) is 2.51. The Hall–Kier alpha value is -0.910. The van der Waals surface area contributed by atoms with E-state index in [1.807, 2.05) is 0 Å². The molecule has 1 rings (SSSR count). The predicted molar refractivity (Wildman–Crippen MR) is 88.9 cm³/mol. The van der Waals surface area contributed by atoms with E-state index < -0.39 is 24.3 Å². The number of ether oxygens (including phenoxy) is 1. The van der Waals surface area contributed by atoms with Crippen LogP contribution in [-0.2, 0) is 9.53 Å². The summed E-state index contributed by atoms with van der Waals surface area (Å²) in [5.41, 5.74) is 0. The van der Waals surface area contributed by atoms with Crippen LogP contribution in [0.3, 0.4) is 0 Å². The third kappa shape index (κ3) is 9.08. The number of hydrogen-bond acceptors (Lipinski definition) is 5. The van der Waals surface area contributed by atoms with Gasteiger partial charge in [0.05, 0.1) is 18.3 Å². The maximum absolute atomic E-state index is 11.9. The number of aliphatic hydroxyl groups is 3. The summed E-state index contributed by atoms with van der Waals surface area (Å²) in [6.45, 7) is 2.14. The number of hydrogen-bond donors (Lipinski definition) is 3. The topological polar surface area (TPSA) is 87.0 Å². The van der Waals surface area contributed by atoms with Crippen LogP contribution in [0.5, 0.6) is 0 Å². The number of aliphatic hydroxyl groups excluding tert-OH is 3. The van der Waals surface area contributed by atoms with Crippen LogP contribution in [0, 0.1) is 0 Å². The molecule has 0 saturated carbocycles. The van der Waals surface area contributed by atoms with E-state index in [-0.39, 0.29) is 12.5 Å². The van der Waals surface area contributed by atoms with Crippen molar-refractivity contribution in [1.29, 1.82) is 0 Å². The molecule has 0 unspecified atom stereocenters. The zero-order chi connectivity index (χ0) is 17.1. The number of unbranched alkanes of at least 4 members (excludes halogenated alkanes) is 2. The molecule has 0 fully saturated rings. The van der Waals surface area contributed by atoms with Crippen molar-refractivity contribution in [2.24, 2.45) is 0 Å². The first-order valence-electron chi connectivity index (χ1n) is 8.96. The molecule has 4 atom stereocenters. The molecule has 0 radical (unpaired) electrons. The van der Waals surface area contributed by atoms with Crippen LogP contribution in [0.15, 0.2) is 12.2 Å². The highest BCUT2D eigenvalue weighted by atomic mass is 16.5. The molecule has 0 amide bonds. The van der Waals surface area contributed by atoms with E-state index in [0.717, 1.165) is 51.4 Å². The third-order valence-electron chi connectivity index (χ3n) is 4.31. The van der Waals surface area contributed by atoms with Gasteiger partial charge in [-0.1, -0.05) is 32.6 Å². The summed E-state index contributed by atoms with van der Waals surface area (Å²) in [6, 6.07) is 0. The van der Waals surface area contributed by atoms with Crippen LogP contribution in [0.25, 0.3) is 0 Å². The lowest BCUT2D eigenvalue weighted by Crippen LogP contribution is -2.29. The molecule has 23 heavy (non-hydrogen) atoms. The second-order valence-electron chi connectivity index (χ2n) is 6.50. The molecule has 0 saturated heterocycles. The van der Waals surface area contributed by atoms with E-state index in [4.69, 9.17) is 4.74 Å². The normalized spacial score (nSPS) is 32.8. The fourth-order valence-electron chi connectivity index (χ4n) is 2.86. The molecule has 0 aliphatic carbocycles. The van der Waals surface area contributed by atoms with Crippen LogP contribution >= 0.6 is 0 Å². The molecule has 3 N–H and O–H groups in total. The Kier molecular flexibility index (Phi) is 10.2. The van der Waals surface area contributed by atoms with Gasteiger partial charge in [-0.25, -0.2) is 4.79 Å². The number of carbonyl (C=O) groups is 1. The molecule has 0 aromatic carbocycles. The van der Waals surface area contributed by atoms with Crippen molar-refractivity contribution >= 4 is 5.97 Å². The summed E-state index contributed by atoms with van der Waals surface area (Å²) in [4.78, 5) is 11.9. The van der Waals surface area contributed by atoms with Gasteiger partial charge in [0.2, 0.25) is 0 Å². The van der Waals surface area contributed by atoms with Gasteiger partial charge in [0, 0.05) is 12.5 Å². The smallest absolute Gasteiger partial charge is 0.330 e. The molecular weight excluding hydrogens is 296 g/mol. The Morgan fingerprint density at radius 3 is 2.61 bits per heavy atom. The minimum Gasteiger partial charge on any atom is -0.459 e. The van der Waals surface area contributed by atoms with Gasteiger partial charge in [-0.3, -0.25) is 0 Å². The van der Waals surface area contributed by atoms with Crippen LogP contribution < -0.4 is 0 Å². The summed E-state index contributed by atoms with van der Waals surface area (Å²) in [5.74, 6) is -0.477. The van der Waals surface area contributed by atoms with Crippen molar-refractivity contribution < 1.29 is 24.9 Å². The molecule has 5 nitrogen and oxygen atoms in total. The highest BCUT2D eigenvalue weighted by molar-refractivity contribution is 5.82. The second kappa shape index (κ2) is 11.6. The summed E-state index contributed by atoms with van der Waals surface area (Å²) in [5, 5.41) is 29.5. The first kappa shape index (κ1) is 20.1. The summed E-state index contributed by atoms with van der Waals surface area (Å²) < 4.78 is 5.48. The lowest BCUT2D eigenvalue weighted by molar-refractivity contribution is -0.143. The lowest BCUT2D eigenvalue weighted by Gasteiger charge is -2.20. The molecule has 0 aromatic heterocycles. The van der Waals surface area contributed by atoms with Crippen LogP contribution in [0.4, 0.5) is 0 Å². The highest BCUT2D eigenvalue weighted by Crippen LogP contribution is 2.18. The molecule has 1 aliphatic heterocycles. The minimum absolute atomic E-state index is 0.0892. The van der Waals surface area contributed by atoms with Crippen LogP contribution in [0.1, 0.15) is 71.1 Å². The van der Waals surface area contributed by atoms with Crippen LogP contribution in [0.2, 0.25) is 0 Å². The SMILES string of the molecule is CCCCC[C@@H]1CCCCC[C@@H](O)C[C@H](O)[C@@H](O)/C=C/C(=O)O1. The molecule has 5 heteroatoms. The number of rotatable bonds is 4. The Morgan fingerprint density at radius 1 is 1.13 bits per heavy atom. The molecule has 0 aromatic rings. The van der Waals surface area contributed by atoms with E-state index in [1.165, 1.54) is 12.2 Å². The van der Waals surface area contributed by atoms with Crippen molar-refractivity contribution in [2.75, 3.05) is 0 Å². The molecule has 0 bridgehead atoms.